The number of hydrogen-bond donors (Lipinski definition) is 1. The van der Waals surface area contributed by atoms with Crippen molar-refractivity contribution in [3.05, 3.63) is 47.6 Å². The Hall–Kier alpha value is -2.54. The molecule has 3 rings (SSSR count). The number of piperidine rings is 1. The molecular weight excluding hydrogens is 332 g/mol. The van der Waals surface area contributed by atoms with Gasteiger partial charge in [-0.25, -0.2) is 0 Å². The minimum absolute atomic E-state index is 0.0324. The van der Waals surface area contributed by atoms with E-state index in [2.05, 4.69) is 32.5 Å². The summed E-state index contributed by atoms with van der Waals surface area (Å²) in [6, 6.07) is 10.1. The number of likely N-dealkylation sites (tertiary alicyclic amines) is 1. The van der Waals surface area contributed by atoms with Gasteiger partial charge in [0.1, 0.15) is 5.78 Å². The van der Waals surface area contributed by atoms with Crippen molar-refractivity contribution in [2.45, 2.75) is 32.2 Å². The van der Waals surface area contributed by atoms with Crippen LogP contribution in [0.1, 0.15) is 41.3 Å². The molecule has 1 amide bonds. The summed E-state index contributed by atoms with van der Waals surface area (Å²) in [5.74, 6) is 0.419. The Bertz CT molecular complexity index is 744. The fraction of sp³-hybridized carbons (Fsp3) is 0.474. The number of benzene rings is 1. The summed E-state index contributed by atoms with van der Waals surface area (Å²) in [5.41, 5.74) is 1.20. The Morgan fingerprint density at radius 2 is 2.12 bits per heavy atom. The maximum Gasteiger partial charge on any atom is 0.315 e. The molecule has 7 heteroatoms. The molecule has 1 saturated heterocycles. The van der Waals surface area contributed by atoms with E-state index < -0.39 is 5.91 Å². The molecule has 1 N–H and O–H groups in total. The van der Waals surface area contributed by atoms with E-state index in [0.717, 1.165) is 25.8 Å². The molecule has 1 aliphatic rings. The number of aryl methyl sites for hydroxylation is 1. The van der Waals surface area contributed by atoms with Crippen LogP contribution in [0.3, 0.4) is 0 Å². The lowest BCUT2D eigenvalue weighted by Gasteiger charge is -2.31. The molecule has 1 atom stereocenters. The fourth-order valence-corrected chi connectivity index (χ4v) is 3.30. The average molecular weight is 356 g/mol. The van der Waals surface area contributed by atoms with Gasteiger partial charge in [0, 0.05) is 25.9 Å². The van der Waals surface area contributed by atoms with Crippen molar-refractivity contribution >= 4 is 11.7 Å². The minimum atomic E-state index is -0.392. The van der Waals surface area contributed by atoms with Crippen LogP contribution in [0.15, 0.2) is 34.9 Å². The topological polar surface area (TPSA) is 88.3 Å². The quantitative estimate of drug-likeness (QED) is 0.814. The number of hydrogen-bond acceptors (Lipinski definition) is 6. The Morgan fingerprint density at radius 3 is 2.88 bits per heavy atom. The number of carbonyl (C=O) groups is 2. The average Bonchev–Trinajstić information content (AvgIpc) is 3.15. The van der Waals surface area contributed by atoms with Crippen LogP contribution >= 0.6 is 0 Å². The zero-order valence-corrected chi connectivity index (χ0v) is 15.0. The summed E-state index contributed by atoms with van der Waals surface area (Å²) in [7, 11) is 1.52. The molecule has 0 unspecified atom stereocenters. The molecule has 1 aromatic heterocycles. The summed E-state index contributed by atoms with van der Waals surface area (Å²) in [6.45, 7) is 2.09. The van der Waals surface area contributed by atoms with Crippen molar-refractivity contribution in [2.75, 3.05) is 20.1 Å². The van der Waals surface area contributed by atoms with Crippen LogP contribution in [-0.4, -0.2) is 46.9 Å². The Morgan fingerprint density at radius 1 is 1.31 bits per heavy atom. The third kappa shape index (κ3) is 4.76. The number of nitrogens with zero attached hydrogens (tertiary/aromatic N) is 3. The van der Waals surface area contributed by atoms with Gasteiger partial charge in [0.15, 0.2) is 5.82 Å². The van der Waals surface area contributed by atoms with Gasteiger partial charge >= 0.3 is 11.8 Å². The molecule has 0 bridgehead atoms. The van der Waals surface area contributed by atoms with Crippen molar-refractivity contribution in [1.82, 2.24) is 20.4 Å². The highest BCUT2D eigenvalue weighted by Gasteiger charge is 2.26. The van der Waals surface area contributed by atoms with Gasteiger partial charge in [-0.2, -0.15) is 4.98 Å². The summed E-state index contributed by atoms with van der Waals surface area (Å²) >= 11 is 0. The van der Waals surface area contributed by atoms with Crippen LogP contribution in [0.25, 0.3) is 0 Å². The van der Waals surface area contributed by atoms with E-state index in [-0.39, 0.29) is 11.8 Å². The van der Waals surface area contributed by atoms with Crippen LogP contribution in [0.2, 0.25) is 0 Å². The first-order chi connectivity index (χ1) is 12.7. The van der Waals surface area contributed by atoms with Crippen LogP contribution in [0.5, 0.6) is 0 Å². The van der Waals surface area contributed by atoms with Crippen molar-refractivity contribution < 1.29 is 14.1 Å². The van der Waals surface area contributed by atoms with Crippen LogP contribution < -0.4 is 5.32 Å². The van der Waals surface area contributed by atoms with Crippen LogP contribution in [0, 0.1) is 5.92 Å². The highest BCUT2D eigenvalue weighted by atomic mass is 16.5. The predicted molar refractivity (Wildman–Crippen MR) is 95.5 cm³/mol. The van der Waals surface area contributed by atoms with E-state index in [1.807, 2.05) is 18.2 Å². The number of ketones is 1. The number of aromatic nitrogens is 2. The zero-order valence-electron chi connectivity index (χ0n) is 15.0. The van der Waals surface area contributed by atoms with Crippen molar-refractivity contribution in [2.24, 2.45) is 5.92 Å². The number of carbonyl (C=O) groups excluding carboxylic acids is 2. The van der Waals surface area contributed by atoms with E-state index in [4.69, 9.17) is 4.52 Å². The van der Waals surface area contributed by atoms with Gasteiger partial charge in [0.05, 0.1) is 6.54 Å². The Labute approximate surface area is 152 Å². The van der Waals surface area contributed by atoms with E-state index in [9.17, 15) is 9.59 Å². The third-order valence-electron chi connectivity index (χ3n) is 4.72. The van der Waals surface area contributed by atoms with E-state index in [1.54, 1.807) is 0 Å². The first-order valence-electron chi connectivity index (χ1n) is 8.99. The number of amides is 1. The van der Waals surface area contributed by atoms with Gasteiger partial charge in [0.2, 0.25) is 0 Å². The molecule has 7 nitrogen and oxygen atoms in total. The monoisotopic (exact) mass is 356 g/mol. The van der Waals surface area contributed by atoms with E-state index >= 15 is 0 Å². The predicted octanol–water partition coefficient (Wildman–Crippen LogP) is 1.84. The molecule has 1 aromatic carbocycles. The van der Waals surface area contributed by atoms with Gasteiger partial charge in [0.25, 0.3) is 0 Å². The van der Waals surface area contributed by atoms with E-state index in [0.29, 0.717) is 31.1 Å². The second kappa shape index (κ2) is 8.71. The molecule has 0 aliphatic carbocycles. The minimum Gasteiger partial charge on any atom is -0.351 e. The molecule has 138 valence electrons. The third-order valence-corrected chi connectivity index (χ3v) is 4.72. The highest BCUT2D eigenvalue weighted by Crippen LogP contribution is 2.21. The fourth-order valence-electron chi connectivity index (χ4n) is 3.30. The summed E-state index contributed by atoms with van der Waals surface area (Å²) < 4.78 is 4.95. The summed E-state index contributed by atoms with van der Waals surface area (Å²) in [5, 5.41) is 6.31. The largest absolute Gasteiger partial charge is 0.351 e. The molecule has 0 saturated carbocycles. The van der Waals surface area contributed by atoms with Crippen molar-refractivity contribution in [3.8, 4) is 0 Å². The first-order valence-corrected chi connectivity index (χ1v) is 8.99. The van der Waals surface area contributed by atoms with Crippen molar-refractivity contribution in [1.29, 1.82) is 0 Å². The number of nitrogens with one attached hydrogen (secondary N) is 1. The maximum absolute atomic E-state index is 12.6. The lowest BCUT2D eigenvalue weighted by molar-refractivity contribution is -0.124. The first kappa shape index (κ1) is 18.3. The number of Topliss-reactive ketones (excluding diaryl/α,β-unsaturated/α-hetero) is 1. The number of rotatable bonds is 7. The Kier molecular flexibility index (Phi) is 6.12. The molecule has 2 heterocycles. The molecule has 1 aliphatic heterocycles. The Balaban J connectivity index is 1.51. The molecule has 0 radical (unpaired) electrons. The highest BCUT2D eigenvalue weighted by molar-refractivity contribution is 5.89. The lowest BCUT2D eigenvalue weighted by atomic mass is 9.90. The summed E-state index contributed by atoms with van der Waals surface area (Å²) in [6.07, 6.45) is 3.27. The SMILES string of the molecule is CNC(=O)c1nc(CN2CCC[C@@H](C(=O)CCc3ccccc3)C2)no1. The van der Waals surface area contributed by atoms with Gasteiger partial charge in [-0.05, 0) is 31.4 Å². The van der Waals surface area contributed by atoms with Crippen molar-refractivity contribution in [3.63, 3.8) is 0 Å². The van der Waals surface area contributed by atoms with Crippen LogP contribution in [0.4, 0.5) is 0 Å². The molecule has 1 fully saturated rings. The second-order valence-corrected chi connectivity index (χ2v) is 6.62. The molecular formula is C19H24N4O3. The maximum atomic E-state index is 12.6. The normalized spacial score (nSPS) is 17.8. The molecule has 26 heavy (non-hydrogen) atoms. The molecule has 2 aromatic rings. The van der Waals surface area contributed by atoms with Gasteiger partial charge in [-0.1, -0.05) is 35.5 Å². The second-order valence-electron chi connectivity index (χ2n) is 6.62. The molecule has 0 spiro atoms. The van der Waals surface area contributed by atoms with Gasteiger partial charge < -0.3 is 9.84 Å². The smallest absolute Gasteiger partial charge is 0.315 e. The standard InChI is InChI=1S/C19H24N4O3/c1-20-18(25)19-21-17(22-26-19)13-23-11-5-8-15(12-23)16(24)10-9-14-6-3-2-4-7-14/h2-4,6-7,15H,5,8-13H2,1H3,(H,20,25)/t15-/m1/s1. The van der Waals surface area contributed by atoms with E-state index in [1.165, 1.54) is 12.6 Å². The van der Waals surface area contributed by atoms with Gasteiger partial charge in [-0.3, -0.25) is 14.5 Å². The van der Waals surface area contributed by atoms with Crippen LogP contribution in [-0.2, 0) is 17.8 Å². The van der Waals surface area contributed by atoms with Gasteiger partial charge in [-0.15, -0.1) is 0 Å². The zero-order chi connectivity index (χ0) is 18.4. The lowest BCUT2D eigenvalue weighted by Crippen LogP contribution is -2.38. The summed E-state index contributed by atoms with van der Waals surface area (Å²) in [4.78, 5) is 30.3.